The molecule has 0 spiro atoms. The van der Waals surface area contributed by atoms with Crippen LogP contribution >= 0.6 is 31.9 Å². The molecule has 2 rings (SSSR count). The summed E-state index contributed by atoms with van der Waals surface area (Å²) in [5, 5.41) is 2.04. The van der Waals surface area contributed by atoms with E-state index in [4.69, 9.17) is 5.73 Å². The van der Waals surface area contributed by atoms with Crippen molar-refractivity contribution in [2.45, 2.75) is 0 Å². The van der Waals surface area contributed by atoms with Gasteiger partial charge in [-0.25, -0.2) is 4.98 Å². The molecule has 66 valence electrons. The molecule has 1 aromatic carbocycles. The number of nitrogen functional groups attached to an aromatic ring is 1. The molecule has 1 heterocycles. The molecule has 0 atom stereocenters. The highest BCUT2D eigenvalue weighted by Crippen LogP contribution is 2.28. The van der Waals surface area contributed by atoms with Crippen molar-refractivity contribution in [2.75, 3.05) is 5.73 Å². The molecule has 0 fully saturated rings. The minimum atomic E-state index is 0.765. The van der Waals surface area contributed by atoms with Gasteiger partial charge in [0.2, 0.25) is 0 Å². The number of hydrogen-bond acceptors (Lipinski definition) is 2. The van der Waals surface area contributed by atoms with E-state index in [9.17, 15) is 0 Å². The Balaban J connectivity index is 2.94. The van der Waals surface area contributed by atoms with Crippen LogP contribution in [0, 0.1) is 0 Å². The highest BCUT2D eigenvalue weighted by molar-refractivity contribution is 9.11. The van der Waals surface area contributed by atoms with Gasteiger partial charge in [0.1, 0.15) is 9.21 Å². The first-order valence-corrected chi connectivity index (χ1v) is 5.27. The minimum Gasteiger partial charge on any atom is -0.398 e. The van der Waals surface area contributed by atoms with E-state index in [1.807, 2.05) is 24.3 Å². The van der Waals surface area contributed by atoms with Crippen LogP contribution in [0.3, 0.4) is 0 Å². The summed E-state index contributed by atoms with van der Waals surface area (Å²) in [6.07, 6.45) is 0. The van der Waals surface area contributed by atoms with Gasteiger partial charge < -0.3 is 5.73 Å². The van der Waals surface area contributed by atoms with Gasteiger partial charge in [0.05, 0.1) is 0 Å². The molecule has 2 N–H and O–H groups in total. The maximum Gasteiger partial charge on any atom is 0.115 e. The Morgan fingerprint density at radius 3 is 2.69 bits per heavy atom. The summed E-state index contributed by atoms with van der Waals surface area (Å²) >= 11 is 6.71. The van der Waals surface area contributed by atoms with E-state index in [0.717, 1.165) is 25.7 Å². The monoisotopic (exact) mass is 300 g/mol. The number of hydrogen-bond donors (Lipinski definition) is 1. The van der Waals surface area contributed by atoms with Crippen molar-refractivity contribution >= 4 is 48.3 Å². The summed E-state index contributed by atoms with van der Waals surface area (Å²) in [4.78, 5) is 4.22. The molecule has 0 aliphatic carbocycles. The Labute approximate surface area is 92.4 Å². The van der Waals surface area contributed by atoms with Crippen LogP contribution in [-0.4, -0.2) is 4.98 Å². The molecule has 0 radical (unpaired) electrons. The first-order valence-electron chi connectivity index (χ1n) is 3.69. The van der Waals surface area contributed by atoms with Crippen molar-refractivity contribution in [3.05, 3.63) is 33.5 Å². The highest BCUT2D eigenvalue weighted by atomic mass is 79.9. The molecule has 1 aromatic heterocycles. The first-order chi connectivity index (χ1) is 6.18. The number of halogens is 2. The zero-order chi connectivity index (χ0) is 9.42. The van der Waals surface area contributed by atoms with Crippen molar-refractivity contribution in [1.82, 2.24) is 4.98 Å². The number of anilines is 1. The zero-order valence-corrected chi connectivity index (χ0v) is 9.76. The molecule has 2 nitrogen and oxygen atoms in total. The van der Waals surface area contributed by atoms with Gasteiger partial charge in [0, 0.05) is 16.5 Å². The Kier molecular flexibility index (Phi) is 2.26. The van der Waals surface area contributed by atoms with Crippen molar-refractivity contribution in [3.8, 4) is 0 Å². The molecule has 0 amide bonds. The maximum atomic E-state index is 5.82. The average Bonchev–Trinajstić information content (AvgIpc) is 2.07. The fourth-order valence-corrected chi connectivity index (χ4v) is 2.41. The van der Waals surface area contributed by atoms with E-state index >= 15 is 0 Å². The minimum absolute atomic E-state index is 0.765. The van der Waals surface area contributed by atoms with Gasteiger partial charge in [-0.1, -0.05) is 12.1 Å². The predicted molar refractivity (Wildman–Crippen MR) is 61.6 cm³/mol. The summed E-state index contributed by atoms with van der Waals surface area (Å²) in [5.74, 6) is 0. The van der Waals surface area contributed by atoms with Gasteiger partial charge in [0.25, 0.3) is 0 Å². The largest absolute Gasteiger partial charge is 0.398 e. The van der Waals surface area contributed by atoms with Crippen LogP contribution in [0.15, 0.2) is 33.5 Å². The predicted octanol–water partition coefficient (Wildman–Crippen LogP) is 3.34. The summed E-state index contributed by atoms with van der Waals surface area (Å²) in [7, 11) is 0. The van der Waals surface area contributed by atoms with Crippen LogP contribution < -0.4 is 5.73 Å². The van der Waals surface area contributed by atoms with E-state index in [1.165, 1.54) is 0 Å². The van der Waals surface area contributed by atoms with E-state index in [-0.39, 0.29) is 0 Å². The highest BCUT2D eigenvalue weighted by Gasteiger charge is 2.03. The molecule has 13 heavy (non-hydrogen) atoms. The van der Waals surface area contributed by atoms with Crippen LogP contribution in [-0.2, 0) is 0 Å². The van der Waals surface area contributed by atoms with Gasteiger partial charge >= 0.3 is 0 Å². The number of rotatable bonds is 0. The maximum absolute atomic E-state index is 5.82. The fourth-order valence-electron chi connectivity index (χ4n) is 1.23. The topological polar surface area (TPSA) is 38.9 Å². The smallest absolute Gasteiger partial charge is 0.115 e. The van der Waals surface area contributed by atoms with E-state index in [0.29, 0.717) is 0 Å². The second-order valence-corrected chi connectivity index (χ2v) is 4.24. The molecule has 4 heteroatoms. The number of fused-ring (bicyclic) bond motifs is 1. The quantitative estimate of drug-likeness (QED) is 0.599. The number of benzene rings is 1. The average molecular weight is 302 g/mol. The lowest BCUT2D eigenvalue weighted by molar-refractivity contribution is 1.26. The SMILES string of the molecule is Nc1cccc2c(Br)nc(Br)cc12. The lowest BCUT2D eigenvalue weighted by atomic mass is 10.1. The van der Waals surface area contributed by atoms with Crippen molar-refractivity contribution in [2.24, 2.45) is 0 Å². The van der Waals surface area contributed by atoms with Crippen LogP contribution in [0.5, 0.6) is 0 Å². The molecular formula is C9H6Br2N2. The Hall–Kier alpha value is -0.610. The van der Waals surface area contributed by atoms with E-state index in [2.05, 4.69) is 36.8 Å². The third-order valence-corrected chi connectivity index (χ3v) is 2.84. The Bertz CT molecular complexity index is 468. The van der Waals surface area contributed by atoms with Gasteiger partial charge in [-0.15, -0.1) is 0 Å². The number of nitrogens with two attached hydrogens (primary N) is 1. The molecule has 2 aromatic rings. The van der Waals surface area contributed by atoms with Crippen LogP contribution in [0.1, 0.15) is 0 Å². The van der Waals surface area contributed by atoms with E-state index in [1.54, 1.807) is 0 Å². The van der Waals surface area contributed by atoms with Gasteiger partial charge in [-0.05, 0) is 44.0 Å². The third-order valence-electron chi connectivity index (χ3n) is 1.83. The van der Waals surface area contributed by atoms with Crippen molar-refractivity contribution in [1.29, 1.82) is 0 Å². The third kappa shape index (κ3) is 1.56. The van der Waals surface area contributed by atoms with Crippen LogP contribution in [0.4, 0.5) is 5.69 Å². The molecule has 0 aliphatic rings. The fraction of sp³-hybridized carbons (Fsp3) is 0. The molecule has 0 saturated carbocycles. The molecule has 0 saturated heterocycles. The molecule has 0 bridgehead atoms. The Morgan fingerprint density at radius 2 is 1.92 bits per heavy atom. The van der Waals surface area contributed by atoms with E-state index < -0.39 is 0 Å². The van der Waals surface area contributed by atoms with Crippen LogP contribution in [0.25, 0.3) is 10.8 Å². The summed E-state index contributed by atoms with van der Waals surface area (Å²) in [6.45, 7) is 0. The normalized spacial score (nSPS) is 10.6. The molecular weight excluding hydrogens is 296 g/mol. The van der Waals surface area contributed by atoms with Crippen molar-refractivity contribution in [3.63, 3.8) is 0 Å². The second-order valence-electron chi connectivity index (χ2n) is 2.68. The van der Waals surface area contributed by atoms with Crippen molar-refractivity contribution < 1.29 is 0 Å². The first kappa shape index (κ1) is 8.97. The number of nitrogens with zero attached hydrogens (tertiary/aromatic N) is 1. The Morgan fingerprint density at radius 1 is 1.15 bits per heavy atom. The second kappa shape index (κ2) is 3.27. The van der Waals surface area contributed by atoms with Crippen LogP contribution in [0.2, 0.25) is 0 Å². The molecule has 0 unspecified atom stereocenters. The number of aromatic nitrogens is 1. The van der Waals surface area contributed by atoms with Gasteiger partial charge in [-0.2, -0.15) is 0 Å². The number of pyridine rings is 1. The summed E-state index contributed by atoms with van der Waals surface area (Å²) < 4.78 is 1.59. The summed E-state index contributed by atoms with van der Waals surface area (Å²) in [5.41, 5.74) is 6.59. The van der Waals surface area contributed by atoms with Gasteiger partial charge in [-0.3, -0.25) is 0 Å². The lowest BCUT2D eigenvalue weighted by Crippen LogP contribution is -1.88. The zero-order valence-electron chi connectivity index (χ0n) is 6.59. The standard InChI is InChI=1S/C9H6Br2N2/c10-8-4-6-5(9(11)13-8)2-1-3-7(6)12/h1-4H,12H2. The van der Waals surface area contributed by atoms with Gasteiger partial charge in [0.15, 0.2) is 0 Å². The lowest BCUT2D eigenvalue weighted by Gasteiger charge is -2.03. The molecule has 0 aliphatic heterocycles. The summed E-state index contributed by atoms with van der Waals surface area (Å²) in [6, 6.07) is 7.68.